The fourth-order valence-electron chi connectivity index (χ4n) is 4.17. The van der Waals surface area contributed by atoms with Crippen molar-refractivity contribution in [1.29, 1.82) is 0 Å². The van der Waals surface area contributed by atoms with Crippen molar-refractivity contribution in [3.8, 4) is 5.69 Å². The summed E-state index contributed by atoms with van der Waals surface area (Å²) in [6.07, 6.45) is 1.73. The van der Waals surface area contributed by atoms with Crippen molar-refractivity contribution in [1.82, 2.24) is 9.78 Å². The van der Waals surface area contributed by atoms with E-state index in [2.05, 4.69) is 10.4 Å². The van der Waals surface area contributed by atoms with Crippen LogP contribution < -0.4 is 10.2 Å². The van der Waals surface area contributed by atoms with E-state index in [1.54, 1.807) is 35.0 Å². The predicted molar refractivity (Wildman–Crippen MR) is 102 cm³/mol. The van der Waals surface area contributed by atoms with Gasteiger partial charge in [0.15, 0.2) is 0 Å². The molecule has 1 aromatic heterocycles. The number of fused-ring (bicyclic) bond motifs is 4. The highest BCUT2D eigenvalue weighted by Crippen LogP contribution is 2.51. The minimum atomic E-state index is -1.06. The Hall–Kier alpha value is -3.12. The highest BCUT2D eigenvalue weighted by Gasteiger charge is 2.56. The number of benzene rings is 2. The summed E-state index contributed by atoms with van der Waals surface area (Å²) in [5.74, 6) is 0.169. The van der Waals surface area contributed by atoms with Crippen LogP contribution in [0.5, 0.6) is 0 Å². The minimum absolute atomic E-state index is 0.0570. The predicted octanol–water partition coefficient (Wildman–Crippen LogP) is 3.13. The van der Waals surface area contributed by atoms with Crippen LogP contribution in [0.4, 0.5) is 11.5 Å². The molecule has 2 aromatic carbocycles. The number of carbonyl (C=O) groups is 2. The lowest BCUT2D eigenvalue weighted by atomic mass is 9.72. The van der Waals surface area contributed by atoms with Crippen LogP contribution >= 0.6 is 11.6 Å². The number of nitrogens with one attached hydrogen (secondary N) is 1. The topological polar surface area (TPSA) is 67.2 Å². The number of aromatic nitrogens is 2. The van der Waals surface area contributed by atoms with Crippen LogP contribution in [0, 0.1) is 0 Å². The monoisotopic (exact) mass is 378 g/mol. The number of carbonyl (C=O) groups excluding carboxylic acids is 2. The lowest BCUT2D eigenvalue weighted by Gasteiger charge is -2.32. The largest absolute Gasteiger partial charge is 0.314 e. The maximum absolute atomic E-state index is 13.3. The van der Waals surface area contributed by atoms with Gasteiger partial charge in [0.1, 0.15) is 11.2 Å². The molecule has 0 radical (unpaired) electrons. The van der Waals surface area contributed by atoms with Crippen LogP contribution in [0.2, 0.25) is 5.02 Å². The van der Waals surface area contributed by atoms with Crippen molar-refractivity contribution in [3.63, 3.8) is 0 Å². The Morgan fingerprint density at radius 1 is 1.11 bits per heavy atom. The summed E-state index contributed by atoms with van der Waals surface area (Å²) in [6.45, 7) is 0. The molecule has 5 rings (SSSR count). The SMILES string of the molecule is CN1C(=O)[C@]2(CC(=O)Nc3c2cnn3-c2cccc(Cl)c2)c2ccccc21. The van der Waals surface area contributed by atoms with Crippen molar-refractivity contribution in [2.45, 2.75) is 11.8 Å². The Morgan fingerprint density at radius 2 is 1.93 bits per heavy atom. The van der Waals surface area contributed by atoms with E-state index in [1.807, 2.05) is 36.4 Å². The number of rotatable bonds is 1. The Morgan fingerprint density at radius 3 is 2.74 bits per heavy atom. The molecule has 1 atom stereocenters. The quantitative estimate of drug-likeness (QED) is 0.707. The standard InChI is InChI=1S/C20H15ClN4O2/c1-24-16-8-3-2-7-14(16)20(19(24)27)10-17(26)23-18-15(20)11-22-25(18)13-6-4-5-12(21)9-13/h2-9,11H,10H2,1H3,(H,23,26)/t20-/m1/s1. The number of hydrogen-bond donors (Lipinski definition) is 1. The molecule has 2 amide bonds. The van der Waals surface area contributed by atoms with Crippen LogP contribution in [-0.2, 0) is 15.0 Å². The first-order chi connectivity index (χ1) is 13.0. The first-order valence-corrected chi connectivity index (χ1v) is 8.92. The Labute approximate surface area is 160 Å². The molecule has 2 aliphatic heterocycles. The number of nitrogens with zero attached hydrogens (tertiary/aromatic N) is 3. The summed E-state index contributed by atoms with van der Waals surface area (Å²) in [4.78, 5) is 27.6. The van der Waals surface area contributed by atoms with Gasteiger partial charge in [0.05, 0.1) is 11.9 Å². The lowest BCUT2D eigenvalue weighted by molar-refractivity contribution is -0.126. The summed E-state index contributed by atoms with van der Waals surface area (Å²) in [5.41, 5.74) is 2.01. The molecule has 0 unspecified atom stereocenters. The zero-order valence-corrected chi connectivity index (χ0v) is 15.2. The number of para-hydroxylation sites is 1. The zero-order valence-electron chi connectivity index (χ0n) is 14.4. The molecule has 0 fully saturated rings. The molecule has 1 N–H and O–H groups in total. The van der Waals surface area contributed by atoms with E-state index in [1.165, 1.54) is 0 Å². The smallest absolute Gasteiger partial charge is 0.242 e. The van der Waals surface area contributed by atoms with Gasteiger partial charge in [0.2, 0.25) is 11.8 Å². The van der Waals surface area contributed by atoms with Gasteiger partial charge in [-0.3, -0.25) is 9.59 Å². The van der Waals surface area contributed by atoms with Crippen molar-refractivity contribution in [3.05, 3.63) is 70.9 Å². The van der Waals surface area contributed by atoms with Gasteiger partial charge in [0, 0.05) is 29.7 Å². The van der Waals surface area contributed by atoms with Crippen molar-refractivity contribution >= 4 is 34.9 Å². The second-order valence-electron chi connectivity index (χ2n) is 6.81. The number of hydrogen-bond acceptors (Lipinski definition) is 3. The number of anilines is 2. The first-order valence-electron chi connectivity index (χ1n) is 8.54. The van der Waals surface area contributed by atoms with E-state index in [4.69, 9.17) is 11.6 Å². The number of amides is 2. The van der Waals surface area contributed by atoms with Crippen LogP contribution in [-0.4, -0.2) is 28.6 Å². The summed E-state index contributed by atoms with van der Waals surface area (Å²) in [6, 6.07) is 14.8. The second kappa shape index (κ2) is 5.44. The molecule has 3 heterocycles. The summed E-state index contributed by atoms with van der Waals surface area (Å²) in [5, 5.41) is 7.92. The van der Waals surface area contributed by atoms with Crippen molar-refractivity contribution < 1.29 is 9.59 Å². The molecule has 6 nitrogen and oxygen atoms in total. The van der Waals surface area contributed by atoms with Gasteiger partial charge in [-0.15, -0.1) is 0 Å². The lowest BCUT2D eigenvalue weighted by Crippen LogP contribution is -2.45. The average Bonchev–Trinajstić information content (AvgIpc) is 3.17. The van der Waals surface area contributed by atoms with E-state index in [9.17, 15) is 9.59 Å². The molecule has 27 heavy (non-hydrogen) atoms. The number of halogens is 1. The third-order valence-corrected chi connectivity index (χ3v) is 5.60. The summed E-state index contributed by atoms with van der Waals surface area (Å²) >= 11 is 6.11. The molecule has 3 aromatic rings. The van der Waals surface area contributed by atoms with Gasteiger partial charge < -0.3 is 10.2 Å². The van der Waals surface area contributed by atoms with Crippen LogP contribution in [0.3, 0.4) is 0 Å². The molecule has 134 valence electrons. The van der Waals surface area contributed by atoms with Crippen LogP contribution in [0.1, 0.15) is 17.5 Å². The average molecular weight is 379 g/mol. The Kier molecular flexibility index (Phi) is 3.24. The summed E-state index contributed by atoms with van der Waals surface area (Å²) in [7, 11) is 1.74. The summed E-state index contributed by atoms with van der Waals surface area (Å²) < 4.78 is 1.62. The molecule has 0 saturated heterocycles. The van der Waals surface area contributed by atoms with Gasteiger partial charge in [-0.2, -0.15) is 5.10 Å². The fraction of sp³-hybridized carbons (Fsp3) is 0.150. The third kappa shape index (κ3) is 2.04. The molecule has 7 heteroatoms. The van der Waals surface area contributed by atoms with E-state index in [0.717, 1.165) is 11.3 Å². The molecule has 2 aliphatic rings. The molecular formula is C20H15ClN4O2. The number of likely N-dealkylation sites (N-methyl/N-ethyl adjacent to an activating group) is 1. The zero-order chi connectivity index (χ0) is 18.8. The fourth-order valence-corrected chi connectivity index (χ4v) is 4.35. The van der Waals surface area contributed by atoms with Crippen molar-refractivity contribution in [2.75, 3.05) is 17.3 Å². The van der Waals surface area contributed by atoms with Gasteiger partial charge >= 0.3 is 0 Å². The highest BCUT2D eigenvalue weighted by atomic mass is 35.5. The van der Waals surface area contributed by atoms with E-state index >= 15 is 0 Å². The minimum Gasteiger partial charge on any atom is -0.314 e. The molecule has 0 aliphatic carbocycles. The third-order valence-electron chi connectivity index (χ3n) is 5.36. The second-order valence-corrected chi connectivity index (χ2v) is 7.25. The van der Waals surface area contributed by atoms with Gasteiger partial charge in [-0.25, -0.2) is 4.68 Å². The van der Waals surface area contributed by atoms with Gasteiger partial charge in [0.25, 0.3) is 0 Å². The molecule has 1 spiro atoms. The highest BCUT2D eigenvalue weighted by molar-refractivity contribution is 6.30. The Balaban J connectivity index is 1.78. The maximum Gasteiger partial charge on any atom is 0.242 e. The van der Waals surface area contributed by atoms with Crippen LogP contribution in [0.25, 0.3) is 5.69 Å². The molecule has 0 bridgehead atoms. The molecular weight excluding hydrogens is 364 g/mol. The van der Waals surface area contributed by atoms with E-state index < -0.39 is 5.41 Å². The van der Waals surface area contributed by atoms with Gasteiger partial charge in [-0.1, -0.05) is 35.9 Å². The normalized spacial score (nSPS) is 20.6. The first kappa shape index (κ1) is 16.1. The molecule has 0 saturated carbocycles. The maximum atomic E-state index is 13.3. The van der Waals surface area contributed by atoms with E-state index in [-0.39, 0.29) is 18.2 Å². The van der Waals surface area contributed by atoms with Crippen LogP contribution in [0.15, 0.2) is 54.7 Å². The van der Waals surface area contributed by atoms with Crippen molar-refractivity contribution in [2.24, 2.45) is 0 Å². The van der Waals surface area contributed by atoms with Gasteiger partial charge in [-0.05, 0) is 29.8 Å². The Bertz CT molecular complexity index is 1120. The van der Waals surface area contributed by atoms with E-state index in [0.29, 0.717) is 22.1 Å².